The van der Waals surface area contributed by atoms with Gasteiger partial charge in [0.25, 0.3) is 5.91 Å². The maximum absolute atomic E-state index is 12.2. The molecule has 27 heavy (non-hydrogen) atoms. The van der Waals surface area contributed by atoms with Gasteiger partial charge in [0, 0.05) is 24.5 Å². The van der Waals surface area contributed by atoms with Crippen LogP contribution in [-0.2, 0) is 4.79 Å². The topological polar surface area (TPSA) is 60.3 Å². The molecular weight excluding hydrogens is 340 g/mol. The van der Waals surface area contributed by atoms with Crippen molar-refractivity contribution >= 4 is 16.9 Å². The van der Waals surface area contributed by atoms with E-state index in [0.717, 1.165) is 28.0 Å². The summed E-state index contributed by atoms with van der Waals surface area (Å²) < 4.78 is 7.55. The van der Waals surface area contributed by atoms with E-state index in [-0.39, 0.29) is 12.5 Å². The van der Waals surface area contributed by atoms with Crippen molar-refractivity contribution in [2.45, 2.75) is 34.6 Å². The Kier molecular flexibility index (Phi) is 5.44. The molecule has 2 aromatic heterocycles. The Morgan fingerprint density at radius 2 is 1.78 bits per heavy atom. The second-order valence-electron chi connectivity index (χ2n) is 6.66. The van der Waals surface area contributed by atoms with Crippen molar-refractivity contribution in [1.82, 2.24) is 19.7 Å². The zero-order chi connectivity index (χ0) is 19.6. The second kappa shape index (κ2) is 7.78. The van der Waals surface area contributed by atoms with Gasteiger partial charge in [-0.15, -0.1) is 0 Å². The maximum Gasteiger partial charge on any atom is 0.260 e. The Labute approximate surface area is 159 Å². The largest absolute Gasteiger partial charge is 0.467 e. The normalized spacial score (nSPS) is 11.0. The van der Waals surface area contributed by atoms with Gasteiger partial charge in [-0.05, 0) is 52.3 Å². The maximum atomic E-state index is 12.2. The Bertz CT molecular complexity index is 956. The highest BCUT2D eigenvalue weighted by Crippen LogP contribution is 2.26. The quantitative estimate of drug-likeness (QED) is 0.669. The van der Waals surface area contributed by atoms with Gasteiger partial charge in [-0.25, -0.2) is 4.68 Å². The Balaban J connectivity index is 1.96. The molecule has 0 unspecified atom stereocenters. The van der Waals surface area contributed by atoms with Crippen molar-refractivity contribution in [2.24, 2.45) is 0 Å². The predicted molar refractivity (Wildman–Crippen MR) is 106 cm³/mol. The first-order valence-electron chi connectivity index (χ1n) is 9.29. The molecule has 1 amide bonds. The lowest BCUT2D eigenvalue weighted by Crippen LogP contribution is -2.34. The molecule has 1 aromatic carbocycles. The Morgan fingerprint density at radius 3 is 2.41 bits per heavy atom. The number of ether oxygens (including phenoxy) is 1. The number of hydrogen-bond acceptors (Lipinski definition) is 4. The van der Waals surface area contributed by atoms with Crippen molar-refractivity contribution in [2.75, 3.05) is 19.7 Å². The van der Waals surface area contributed by atoms with Crippen LogP contribution in [0.3, 0.4) is 0 Å². The molecule has 0 fully saturated rings. The van der Waals surface area contributed by atoms with E-state index in [1.54, 1.807) is 4.90 Å². The van der Waals surface area contributed by atoms with Gasteiger partial charge in [-0.1, -0.05) is 17.7 Å². The molecule has 0 bridgehead atoms. The van der Waals surface area contributed by atoms with Crippen LogP contribution in [0.25, 0.3) is 16.7 Å². The summed E-state index contributed by atoms with van der Waals surface area (Å²) in [5.74, 6) is 0.400. The minimum atomic E-state index is -0.0391. The molecule has 0 N–H and O–H groups in total. The van der Waals surface area contributed by atoms with Crippen LogP contribution in [0.15, 0.2) is 30.3 Å². The highest BCUT2D eigenvalue weighted by Gasteiger charge is 2.16. The van der Waals surface area contributed by atoms with Crippen LogP contribution in [0.1, 0.15) is 30.7 Å². The van der Waals surface area contributed by atoms with Crippen molar-refractivity contribution in [3.63, 3.8) is 0 Å². The molecule has 0 aliphatic heterocycles. The number of likely N-dealkylation sites (N-methyl/N-ethyl adjacent to an activating group) is 1. The number of benzene rings is 1. The average molecular weight is 366 g/mol. The van der Waals surface area contributed by atoms with Crippen LogP contribution >= 0.6 is 0 Å². The number of aromatic nitrogens is 3. The van der Waals surface area contributed by atoms with Gasteiger partial charge in [0.2, 0.25) is 5.88 Å². The fourth-order valence-electron chi connectivity index (χ4n) is 3.22. The van der Waals surface area contributed by atoms with E-state index in [1.807, 2.05) is 62.7 Å². The van der Waals surface area contributed by atoms with E-state index in [4.69, 9.17) is 4.74 Å². The molecule has 0 aliphatic rings. The molecule has 0 spiro atoms. The zero-order valence-electron chi connectivity index (χ0n) is 16.6. The van der Waals surface area contributed by atoms with Crippen LogP contribution in [0.2, 0.25) is 0 Å². The SMILES string of the molecule is CCN(CC)C(=O)COc1cc(C)c2c(C)nn(-c3ccc(C)cc3)c2n1. The van der Waals surface area contributed by atoms with E-state index < -0.39 is 0 Å². The number of carbonyl (C=O) groups excluding carboxylic acids is 1. The minimum absolute atomic E-state index is 0.0166. The van der Waals surface area contributed by atoms with Crippen molar-refractivity contribution in [3.8, 4) is 11.6 Å². The van der Waals surface area contributed by atoms with Crippen LogP contribution in [0.5, 0.6) is 5.88 Å². The number of pyridine rings is 1. The van der Waals surface area contributed by atoms with Gasteiger partial charge in [0.05, 0.1) is 11.4 Å². The van der Waals surface area contributed by atoms with Crippen molar-refractivity contribution in [3.05, 3.63) is 47.2 Å². The molecule has 0 aliphatic carbocycles. The van der Waals surface area contributed by atoms with Crippen LogP contribution in [0.4, 0.5) is 0 Å². The lowest BCUT2D eigenvalue weighted by Gasteiger charge is -2.18. The number of aryl methyl sites for hydroxylation is 3. The fourth-order valence-corrected chi connectivity index (χ4v) is 3.22. The molecule has 2 heterocycles. The second-order valence-corrected chi connectivity index (χ2v) is 6.66. The summed E-state index contributed by atoms with van der Waals surface area (Å²) in [5, 5.41) is 5.68. The lowest BCUT2D eigenvalue weighted by atomic mass is 10.1. The summed E-state index contributed by atoms with van der Waals surface area (Å²) in [5.41, 5.74) is 4.82. The molecule has 6 nitrogen and oxygen atoms in total. The monoisotopic (exact) mass is 366 g/mol. The van der Waals surface area contributed by atoms with Gasteiger partial charge >= 0.3 is 0 Å². The highest BCUT2D eigenvalue weighted by molar-refractivity contribution is 5.84. The molecule has 3 aromatic rings. The summed E-state index contributed by atoms with van der Waals surface area (Å²) in [7, 11) is 0. The number of hydrogen-bond donors (Lipinski definition) is 0. The Morgan fingerprint density at radius 1 is 1.11 bits per heavy atom. The molecule has 142 valence electrons. The fraction of sp³-hybridized carbons (Fsp3) is 0.381. The van der Waals surface area contributed by atoms with E-state index in [1.165, 1.54) is 5.56 Å². The van der Waals surface area contributed by atoms with Crippen LogP contribution in [-0.4, -0.2) is 45.3 Å². The number of carbonyl (C=O) groups is 1. The van der Waals surface area contributed by atoms with Gasteiger partial charge < -0.3 is 9.64 Å². The van der Waals surface area contributed by atoms with Crippen molar-refractivity contribution in [1.29, 1.82) is 0 Å². The van der Waals surface area contributed by atoms with Gasteiger partial charge in [-0.2, -0.15) is 10.1 Å². The number of fused-ring (bicyclic) bond motifs is 1. The first-order valence-corrected chi connectivity index (χ1v) is 9.29. The predicted octanol–water partition coefficient (Wildman–Crippen LogP) is 3.59. The van der Waals surface area contributed by atoms with Crippen molar-refractivity contribution < 1.29 is 9.53 Å². The van der Waals surface area contributed by atoms with E-state index in [0.29, 0.717) is 19.0 Å². The van der Waals surface area contributed by atoms with Gasteiger partial charge in [0.15, 0.2) is 12.3 Å². The third-order valence-electron chi connectivity index (χ3n) is 4.72. The van der Waals surface area contributed by atoms with Gasteiger partial charge in [-0.3, -0.25) is 4.79 Å². The third kappa shape index (κ3) is 3.79. The average Bonchev–Trinajstić information content (AvgIpc) is 2.98. The summed E-state index contributed by atoms with van der Waals surface area (Å²) in [6, 6.07) is 10.0. The third-order valence-corrected chi connectivity index (χ3v) is 4.72. The van der Waals surface area contributed by atoms with E-state index in [9.17, 15) is 4.79 Å². The number of nitrogens with zero attached hydrogens (tertiary/aromatic N) is 4. The van der Waals surface area contributed by atoms with Gasteiger partial charge in [0.1, 0.15) is 0 Å². The standard InChI is InChI=1S/C21H26N4O2/c1-6-24(7-2)19(26)13-27-18-12-15(4)20-16(5)23-25(21(20)22-18)17-10-8-14(3)9-11-17/h8-12H,6-7,13H2,1-5H3. The zero-order valence-corrected chi connectivity index (χ0v) is 16.6. The summed E-state index contributed by atoms with van der Waals surface area (Å²) in [6.07, 6.45) is 0. The minimum Gasteiger partial charge on any atom is -0.467 e. The molecule has 6 heteroatoms. The first kappa shape index (κ1) is 18.9. The van der Waals surface area contributed by atoms with E-state index in [2.05, 4.69) is 17.0 Å². The van der Waals surface area contributed by atoms with E-state index >= 15 is 0 Å². The molecular formula is C21H26N4O2. The molecule has 0 saturated heterocycles. The summed E-state index contributed by atoms with van der Waals surface area (Å²) in [6.45, 7) is 11.3. The van der Waals surface area contributed by atoms with Crippen LogP contribution in [0, 0.1) is 20.8 Å². The summed E-state index contributed by atoms with van der Waals surface area (Å²) in [4.78, 5) is 18.6. The number of rotatable bonds is 6. The molecule has 3 rings (SSSR count). The van der Waals surface area contributed by atoms with Crippen LogP contribution < -0.4 is 4.74 Å². The smallest absolute Gasteiger partial charge is 0.260 e. The lowest BCUT2D eigenvalue weighted by molar-refractivity contribution is -0.133. The molecule has 0 radical (unpaired) electrons. The number of amides is 1. The first-order chi connectivity index (χ1) is 12.9. The highest BCUT2D eigenvalue weighted by atomic mass is 16.5. The molecule has 0 saturated carbocycles. The summed E-state index contributed by atoms with van der Waals surface area (Å²) >= 11 is 0. The Hall–Kier alpha value is -2.89. The molecule has 0 atom stereocenters.